The Morgan fingerprint density at radius 2 is 2.00 bits per heavy atom. The predicted molar refractivity (Wildman–Crippen MR) is 54.5 cm³/mol. The third kappa shape index (κ3) is 1.87. The van der Waals surface area contributed by atoms with E-state index < -0.39 is 18.1 Å². The summed E-state index contributed by atoms with van der Waals surface area (Å²) in [6, 6.07) is 0.649. The molecule has 15 heavy (non-hydrogen) atoms. The second-order valence-corrected chi connectivity index (χ2v) is 4.84. The number of alkyl halides is 1. The Hall–Kier alpha value is -0.640. The first-order chi connectivity index (χ1) is 7.18. The van der Waals surface area contributed by atoms with Crippen LogP contribution < -0.4 is 0 Å². The van der Waals surface area contributed by atoms with E-state index in [1.165, 1.54) is 19.3 Å². The maximum absolute atomic E-state index is 12.8. The van der Waals surface area contributed by atoms with Gasteiger partial charge in [0, 0.05) is 6.04 Å². The van der Waals surface area contributed by atoms with Crippen molar-refractivity contribution in [2.45, 2.75) is 38.1 Å². The molecular weight excluding hydrogens is 197 g/mol. The highest BCUT2D eigenvalue weighted by molar-refractivity contribution is 5.75. The van der Waals surface area contributed by atoms with Gasteiger partial charge in [-0.05, 0) is 38.8 Å². The average Bonchev–Trinajstić information content (AvgIpc) is 2.16. The lowest BCUT2D eigenvalue weighted by Crippen LogP contribution is -2.50. The molecule has 1 heterocycles. The first-order valence-electron chi connectivity index (χ1n) is 5.71. The number of nitrogens with zero attached hydrogens (tertiary/aromatic N) is 1. The zero-order valence-corrected chi connectivity index (χ0v) is 8.91. The monoisotopic (exact) mass is 215 g/mol. The molecule has 0 amide bonds. The number of piperidine rings is 1. The van der Waals surface area contributed by atoms with Crippen LogP contribution in [0.4, 0.5) is 4.39 Å². The third-order valence-electron chi connectivity index (χ3n) is 4.06. The minimum Gasteiger partial charge on any atom is -0.481 e. The van der Waals surface area contributed by atoms with Crippen LogP contribution in [0.5, 0.6) is 0 Å². The quantitative estimate of drug-likeness (QED) is 0.778. The van der Waals surface area contributed by atoms with Gasteiger partial charge in [0.1, 0.15) is 6.67 Å². The van der Waals surface area contributed by atoms with Gasteiger partial charge < -0.3 is 10.0 Å². The topological polar surface area (TPSA) is 40.5 Å². The van der Waals surface area contributed by atoms with Crippen LogP contribution in [0.15, 0.2) is 0 Å². The summed E-state index contributed by atoms with van der Waals surface area (Å²) in [6.07, 6.45) is 4.68. The molecule has 1 N–H and O–H groups in total. The Bertz CT molecular complexity index is 245. The molecule has 4 heteroatoms. The van der Waals surface area contributed by atoms with E-state index in [1.54, 1.807) is 0 Å². The Balaban J connectivity index is 1.91. The zero-order valence-electron chi connectivity index (χ0n) is 8.91. The van der Waals surface area contributed by atoms with Gasteiger partial charge in [0.2, 0.25) is 0 Å². The lowest BCUT2D eigenvalue weighted by atomic mass is 9.78. The van der Waals surface area contributed by atoms with E-state index in [1.807, 2.05) is 0 Å². The van der Waals surface area contributed by atoms with Crippen LogP contribution in [0, 0.1) is 5.41 Å². The number of likely N-dealkylation sites (tertiary alicyclic amines) is 1. The summed E-state index contributed by atoms with van der Waals surface area (Å²) >= 11 is 0. The molecule has 0 bridgehead atoms. The van der Waals surface area contributed by atoms with Gasteiger partial charge >= 0.3 is 5.97 Å². The van der Waals surface area contributed by atoms with E-state index in [4.69, 9.17) is 5.11 Å². The molecule has 2 aliphatic rings. The number of carboxylic acids is 1. The number of halogens is 1. The van der Waals surface area contributed by atoms with Crippen LogP contribution in [0.25, 0.3) is 0 Å². The number of hydrogen-bond donors (Lipinski definition) is 1. The van der Waals surface area contributed by atoms with Gasteiger partial charge in [-0.3, -0.25) is 4.79 Å². The summed E-state index contributed by atoms with van der Waals surface area (Å²) in [6.45, 7) is 0.780. The predicted octanol–water partition coefficient (Wildman–Crippen LogP) is 1.68. The number of aliphatic carboxylic acids is 1. The van der Waals surface area contributed by atoms with Crippen molar-refractivity contribution in [3.05, 3.63) is 0 Å². The second kappa shape index (κ2) is 4.08. The van der Waals surface area contributed by atoms with Crippen LogP contribution in [-0.2, 0) is 4.79 Å². The van der Waals surface area contributed by atoms with Gasteiger partial charge in [0.05, 0.1) is 5.41 Å². The van der Waals surface area contributed by atoms with E-state index in [9.17, 15) is 9.18 Å². The van der Waals surface area contributed by atoms with E-state index in [-0.39, 0.29) is 0 Å². The van der Waals surface area contributed by atoms with Crippen molar-refractivity contribution in [3.63, 3.8) is 0 Å². The van der Waals surface area contributed by atoms with Crippen molar-refractivity contribution in [2.75, 3.05) is 19.8 Å². The van der Waals surface area contributed by atoms with Crippen LogP contribution >= 0.6 is 0 Å². The molecule has 2 rings (SSSR count). The summed E-state index contributed by atoms with van der Waals surface area (Å²) in [5, 5.41) is 9.03. The van der Waals surface area contributed by atoms with Crippen LogP contribution in [-0.4, -0.2) is 41.8 Å². The molecule has 0 radical (unpaired) electrons. The minimum absolute atomic E-state index is 0.468. The molecule has 1 aliphatic carbocycles. The Morgan fingerprint density at radius 3 is 2.33 bits per heavy atom. The van der Waals surface area contributed by atoms with Gasteiger partial charge in [-0.15, -0.1) is 0 Å². The molecular formula is C11H18FNO2. The van der Waals surface area contributed by atoms with Crippen LogP contribution in [0.1, 0.15) is 32.1 Å². The van der Waals surface area contributed by atoms with Crippen molar-refractivity contribution in [1.29, 1.82) is 0 Å². The number of carboxylic acid groups (broad SMARTS) is 1. The van der Waals surface area contributed by atoms with E-state index in [2.05, 4.69) is 4.90 Å². The zero-order chi connectivity index (χ0) is 10.9. The SMILES string of the molecule is O=C(O)C1(CF)CCN(C2CCC2)CC1. The summed E-state index contributed by atoms with van der Waals surface area (Å²) in [4.78, 5) is 13.3. The molecule has 86 valence electrons. The Morgan fingerprint density at radius 1 is 1.40 bits per heavy atom. The van der Waals surface area contributed by atoms with Gasteiger partial charge in [-0.2, -0.15) is 0 Å². The normalized spacial score (nSPS) is 27.3. The maximum Gasteiger partial charge on any atom is 0.312 e. The Labute approximate surface area is 89.3 Å². The van der Waals surface area contributed by atoms with Crippen molar-refractivity contribution < 1.29 is 14.3 Å². The third-order valence-corrected chi connectivity index (χ3v) is 4.06. The summed E-state index contributed by atoms with van der Waals surface area (Å²) < 4.78 is 12.8. The molecule has 0 spiro atoms. The smallest absolute Gasteiger partial charge is 0.312 e. The van der Waals surface area contributed by atoms with E-state index >= 15 is 0 Å². The number of carbonyl (C=O) groups is 1. The van der Waals surface area contributed by atoms with Crippen LogP contribution in [0.3, 0.4) is 0 Å². The maximum atomic E-state index is 12.8. The molecule has 1 aliphatic heterocycles. The highest BCUT2D eigenvalue weighted by Crippen LogP contribution is 2.36. The minimum atomic E-state index is -1.08. The summed E-state index contributed by atoms with van der Waals surface area (Å²) in [5.41, 5.74) is -1.08. The molecule has 1 saturated heterocycles. The Kier molecular flexibility index (Phi) is 2.96. The first-order valence-corrected chi connectivity index (χ1v) is 5.71. The van der Waals surface area contributed by atoms with Gasteiger partial charge in [-0.25, -0.2) is 4.39 Å². The van der Waals surface area contributed by atoms with Crippen molar-refractivity contribution >= 4 is 5.97 Å². The van der Waals surface area contributed by atoms with E-state index in [0.717, 1.165) is 13.1 Å². The van der Waals surface area contributed by atoms with Gasteiger partial charge in [0.15, 0.2) is 0 Å². The number of rotatable bonds is 3. The van der Waals surface area contributed by atoms with Crippen molar-refractivity contribution in [3.8, 4) is 0 Å². The highest BCUT2D eigenvalue weighted by atomic mass is 19.1. The standard InChI is InChI=1S/C11H18FNO2/c12-8-11(10(14)15)4-6-13(7-5-11)9-2-1-3-9/h9H,1-8H2,(H,14,15). The molecule has 0 aromatic heterocycles. The molecule has 0 aromatic carbocycles. The first kappa shape index (κ1) is 10.9. The lowest BCUT2D eigenvalue weighted by Gasteiger charge is -2.44. The molecule has 0 aromatic rings. The average molecular weight is 215 g/mol. The molecule has 0 unspecified atom stereocenters. The van der Waals surface area contributed by atoms with Crippen molar-refractivity contribution in [1.82, 2.24) is 4.90 Å². The molecule has 1 saturated carbocycles. The summed E-state index contributed by atoms with van der Waals surface area (Å²) in [7, 11) is 0. The molecule has 0 atom stereocenters. The largest absolute Gasteiger partial charge is 0.481 e. The van der Waals surface area contributed by atoms with Gasteiger partial charge in [0.25, 0.3) is 0 Å². The van der Waals surface area contributed by atoms with Crippen LogP contribution in [0.2, 0.25) is 0 Å². The fourth-order valence-electron chi connectivity index (χ4n) is 2.47. The molecule has 3 nitrogen and oxygen atoms in total. The van der Waals surface area contributed by atoms with Crippen molar-refractivity contribution in [2.24, 2.45) is 5.41 Å². The van der Waals surface area contributed by atoms with E-state index in [0.29, 0.717) is 18.9 Å². The summed E-state index contributed by atoms with van der Waals surface area (Å²) in [5.74, 6) is -0.960. The highest BCUT2D eigenvalue weighted by Gasteiger charge is 2.43. The second-order valence-electron chi connectivity index (χ2n) is 4.84. The fraction of sp³-hybridized carbons (Fsp3) is 0.909. The lowest BCUT2D eigenvalue weighted by molar-refractivity contribution is -0.154. The van der Waals surface area contributed by atoms with Gasteiger partial charge in [-0.1, -0.05) is 6.42 Å². The molecule has 2 fully saturated rings. The fourth-order valence-corrected chi connectivity index (χ4v) is 2.47. The number of hydrogen-bond acceptors (Lipinski definition) is 2.